The van der Waals surface area contributed by atoms with Crippen LogP contribution in [0.4, 0.5) is 5.69 Å². The molecule has 1 heterocycles. The number of nitrogens with zero attached hydrogens (tertiary/aromatic N) is 1. The van der Waals surface area contributed by atoms with Gasteiger partial charge in [-0.05, 0) is 17.7 Å². The average Bonchev–Trinajstić information content (AvgIpc) is 3.01. The van der Waals surface area contributed by atoms with Crippen LogP contribution in [0.2, 0.25) is 5.02 Å². The molecule has 1 aliphatic rings. The monoisotopic (exact) mass is 446 g/mol. The highest BCUT2D eigenvalue weighted by atomic mass is 35.5. The molecule has 0 unspecified atom stereocenters. The number of anilines is 1. The molecule has 0 fully saturated rings. The number of benzene rings is 2. The third-order valence-electron chi connectivity index (χ3n) is 4.75. The van der Waals surface area contributed by atoms with Crippen molar-refractivity contribution in [3.8, 4) is 17.2 Å². The van der Waals surface area contributed by atoms with Gasteiger partial charge in [-0.2, -0.15) is 0 Å². The number of hydrogen-bond donors (Lipinski definition) is 1. The topological polar surface area (TPSA) is 86.3 Å². The molecule has 0 radical (unpaired) electrons. The molecule has 0 spiro atoms. The van der Waals surface area contributed by atoms with Gasteiger partial charge in [0.05, 0.1) is 40.1 Å². The molecule has 8 nitrogen and oxygen atoms in total. The molecule has 0 aliphatic carbocycles. The number of amides is 2. The Morgan fingerprint density at radius 1 is 0.903 bits per heavy atom. The lowest BCUT2D eigenvalue weighted by Gasteiger charge is -2.16. The summed E-state index contributed by atoms with van der Waals surface area (Å²) >= 11 is 5.99. The molecule has 164 valence electrons. The number of halogens is 1. The van der Waals surface area contributed by atoms with Crippen molar-refractivity contribution in [3.63, 3.8) is 0 Å². The van der Waals surface area contributed by atoms with Gasteiger partial charge in [-0.1, -0.05) is 23.7 Å². The number of nitrogens with one attached hydrogen (secondary N) is 1. The number of carbonyl (C=O) groups excluding carboxylic acids is 2. The lowest BCUT2D eigenvalue weighted by molar-refractivity contribution is -0.137. The van der Waals surface area contributed by atoms with Crippen LogP contribution < -0.4 is 19.5 Å². The Morgan fingerprint density at radius 2 is 1.52 bits per heavy atom. The normalized spacial score (nSPS) is 13.6. The molecule has 3 rings (SSSR count). The van der Waals surface area contributed by atoms with Gasteiger partial charge >= 0.3 is 0 Å². The molecule has 0 aromatic heterocycles. The predicted octanol–water partition coefficient (Wildman–Crippen LogP) is 3.20. The minimum absolute atomic E-state index is 0.131. The number of hydrogen-bond acceptors (Lipinski definition) is 7. The fourth-order valence-electron chi connectivity index (χ4n) is 3.26. The summed E-state index contributed by atoms with van der Waals surface area (Å²) in [6.07, 6.45) is 0. The van der Waals surface area contributed by atoms with E-state index in [1.165, 1.54) is 28.4 Å². The molecule has 31 heavy (non-hydrogen) atoms. The van der Waals surface area contributed by atoms with Crippen molar-refractivity contribution in [2.75, 3.05) is 46.9 Å². The molecule has 1 aliphatic heterocycles. The van der Waals surface area contributed by atoms with E-state index < -0.39 is 11.8 Å². The Balaban J connectivity index is 2.09. The van der Waals surface area contributed by atoms with E-state index in [0.717, 1.165) is 4.90 Å². The van der Waals surface area contributed by atoms with Gasteiger partial charge in [0.2, 0.25) is 5.75 Å². The average molecular weight is 447 g/mol. The fourth-order valence-corrected chi connectivity index (χ4v) is 3.39. The van der Waals surface area contributed by atoms with Crippen molar-refractivity contribution in [1.82, 2.24) is 4.90 Å². The number of carbonyl (C=O) groups is 2. The molecule has 2 aromatic carbocycles. The molecule has 2 amide bonds. The summed E-state index contributed by atoms with van der Waals surface area (Å²) in [4.78, 5) is 27.4. The molecule has 0 bridgehead atoms. The van der Waals surface area contributed by atoms with Gasteiger partial charge in [0.15, 0.2) is 11.5 Å². The van der Waals surface area contributed by atoms with E-state index in [1.807, 2.05) is 0 Å². The summed E-state index contributed by atoms with van der Waals surface area (Å²) in [5.74, 6) is 0.357. The fraction of sp³-hybridized carbons (Fsp3) is 0.273. The second kappa shape index (κ2) is 9.72. The highest BCUT2D eigenvalue weighted by Gasteiger charge is 2.39. The van der Waals surface area contributed by atoms with E-state index >= 15 is 0 Å². The maximum absolute atomic E-state index is 13.1. The Kier molecular flexibility index (Phi) is 7.04. The first-order valence-corrected chi connectivity index (χ1v) is 9.75. The zero-order valence-electron chi connectivity index (χ0n) is 17.7. The van der Waals surface area contributed by atoms with Gasteiger partial charge in [-0.15, -0.1) is 0 Å². The first-order chi connectivity index (χ1) is 14.9. The Bertz CT molecular complexity index is 994. The van der Waals surface area contributed by atoms with Crippen molar-refractivity contribution in [2.45, 2.75) is 0 Å². The molecule has 2 aromatic rings. The van der Waals surface area contributed by atoms with Crippen LogP contribution in [-0.2, 0) is 14.3 Å². The highest BCUT2D eigenvalue weighted by molar-refractivity contribution is 6.37. The largest absolute Gasteiger partial charge is 0.493 e. The van der Waals surface area contributed by atoms with Crippen molar-refractivity contribution in [1.29, 1.82) is 0 Å². The maximum Gasteiger partial charge on any atom is 0.278 e. The Morgan fingerprint density at radius 3 is 2.03 bits per heavy atom. The van der Waals surface area contributed by atoms with Crippen molar-refractivity contribution < 1.29 is 28.5 Å². The standard InChI is InChI=1S/C22H23ClN2O6/c1-28-10-9-25-21(26)18(13-5-7-14(23)8-6-13)19(22(25)27)24-15-11-16(29-2)20(31-4)17(12-15)30-3/h5-8,11-12,24H,9-10H2,1-4H3. The van der Waals surface area contributed by atoms with Crippen molar-refractivity contribution in [2.24, 2.45) is 0 Å². The Hall–Kier alpha value is -3.23. The molecular formula is C22H23ClN2O6. The van der Waals surface area contributed by atoms with Crippen molar-refractivity contribution >= 4 is 34.7 Å². The molecule has 0 saturated heterocycles. The van der Waals surface area contributed by atoms with E-state index in [4.69, 9.17) is 30.5 Å². The van der Waals surface area contributed by atoms with Crippen LogP contribution in [0.1, 0.15) is 5.56 Å². The van der Waals surface area contributed by atoms with Crippen LogP contribution in [0.25, 0.3) is 5.57 Å². The van der Waals surface area contributed by atoms with Gasteiger partial charge in [0.25, 0.3) is 11.8 Å². The smallest absolute Gasteiger partial charge is 0.278 e. The SMILES string of the molecule is COCCN1C(=O)C(Nc2cc(OC)c(OC)c(OC)c2)=C(c2ccc(Cl)cc2)C1=O. The summed E-state index contributed by atoms with van der Waals surface area (Å²) in [5.41, 5.74) is 1.44. The van der Waals surface area contributed by atoms with Crippen LogP contribution in [0.15, 0.2) is 42.1 Å². The van der Waals surface area contributed by atoms with E-state index in [1.54, 1.807) is 36.4 Å². The van der Waals surface area contributed by atoms with Gasteiger partial charge in [0, 0.05) is 30.0 Å². The Labute approximate surface area is 185 Å². The number of ether oxygens (including phenoxy) is 4. The van der Waals surface area contributed by atoms with Crippen LogP contribution in [0.5, 0.6) is 17.2 Å². The van der Waals surface area contributed by atoms with E-state index in [-0.39, 0.29) is 24.4 Å². The zero-order valence-corrected chi connectivity index (χ0v) is 18.4. The summed E-state index contributed by atoms with van der Waals surface area (Å²) in [7, 11) is 6.00. The second-order valence-electron chi connectivity index (χ2n) is 6.55. The number of methoxy groups -OCH3 is 4. The summed E-state index contributed by atoms with van der Waals surface area (Å²) < 4.78 is 21.1. The summed E-state index contributed by atoms with van der Waals surface area (Å²) in [6, 6.07) is 10.0. The quantitative estimate of drug-likeness (QED) is 0.592. The summed E-state index contributed by atoms with van der Waals surface area (Å²) in [6.45, 7) is 0.356. The molecular weight excluding hydrogens is 424 g/mol. The predicted molar refractivity (Wildman–Crippen MR) is 117 cm³/mol. The van der Waals surface area contributed by atoms with E-state index in [2.05, 4.69) is 5.32 Å². The van der Waals surface area contributed by atoms with Crippen LogP contribution in [0, 0.1) is 0 Å². The van der Waals surface area contributed by atoms with E-state index in [0.29, 0.717) is 33.5 Å². The highest BCUT2D eigenvalue weighted by Crippen LogP contribution is 2.41. The van der Waals surface area contributed by atoms with Gasteiger partial charge < -0.3 is 24.3 Å². The van der Waals surface area contributed by atoms with Gasteiger partial charge in [-0.25, -0.2) is 0 Å². The lowest BCUT2D eigenvalue weighted by atomic mass is 10.0. The van der Waals surface area contributed by atoms with E-state index in [9.17, 15) is 9.59 Å². The molecule has 9 heteroatoms. The first-order valence-electron chi connectivity index (χ1n) is 9.37. The van der Waals surface area contributed by atoms with Gasteiger partial charge in [0.1, 0.15) is 5.70 Å². The number of imide groups is 1. The lowest BCUT2D eigenvalue weighted by Crippen LogP contribution is -2.35. The van der Waals surface area contributed by atoms with Crippen molar-refractivity contribution in [3.05, 3.63) is 52.7 Å². The second-order valence-corrected chi connectivity index (χ2v) is 6.99. The van der Waals surface area contributed by atoms with Gasteiger partial charge in [-0.3, -0.25) is 14.5 Å². The third-order valence-corrected chi connectivity index (χ3v) is 5.01. The minimum atomic E-state index is -0.458. The van der Waals surface area contributed by atoms with Crippen LogP contribution >= 0.6 is 11.6 Å². The first kappa shape index (κ1) is 22.5. The minimum Gasteiger partial charge on any atom is -0.493 e. The maximum atomic E-state index is 13.1. The van der Waals surface area contributed by atoms with Crippen LogP contribution in [-0.4, -0.2) is 58.3 Å². The summed E-state index contributed by atoms with van der Waals surface area (Å²) in [5, 5.41) is 3.59. The zero-order chi connectivity index (χ0) is 22.5. The van der Waals surface area contributed by atoms with Crippen LogP contribution in [0.3, 0.4) is 0 Å². The third kappa shape index (κ3) is 4.45. The number of rotatable bonds is 9. The molecule has 0 atom stereocenters. The molecule has 0 saturated carbocycles. The molecule has 1 N–H and O–H groups in total.